The number of benzene rings is 1. The summed E-state index contributed by atoms with van der Waals surface area (Å²) in [5, 5.41) is 9.12. The SMILES string of the molecule is CCOCC(=O)O.c1ccc2ncccc2c1. The van der Waals surface area contributed by atoms with Gasteiger partial charge < -0.3 is 9.84 Å². The van der Waals surface area contributed by atoms with Crippen molar-refractivity contribution in [1.82, 2.24) is 4.98 Å². The predicted octanol–water partition coefficient (Wildman–Crippen LogP) is 2.34. The summed E-state index contributed by atoms with van der Waals surface area (Å²) in [5.74, 6) is -0.915. The molecule has 0 saturated carbocycles. The molecule has 1 N–H and O–H groups in total. The summed E-state index contributed by atoms with van der Waals surface area (Å²) in [6.45, 7) is 2.03. The number of pyridine rings is 1. The fourth-order valence-electron chi connectivity index (χ4n) is 1.21. The van der Waals surface area contributed by atoms with E-state index in [-0.39, 0.29) is 6.61 Å². The number of nitrogens with zero attached hydrogens (tertiary/aromatic N) is 1. The van der Waals surface area contributed by atoms with Crippen molar-refractivity contribution >= 4 is 16.9 Å². The van der Waals surface area contributed by atoms with E-state index in [4.69, 9.17) is 5.11 Å². The van der Waals surface area contributed by atoms with E-state index in [1.165, 1.54) is 5.39 Å². The molecule has 17 heavy (non-hydrogen) atoms. The van der Waals surface area contributed by atoms with Gasteiger partial charge in [0.25, 0.3) is 0 Å². The Morgan fingerprint density at radius 3 is 2.59 bits per heavy atom. The molecule has 0 saturated heterocycles. The van der Waals surface area contributed by atoms with E-state index in [1.807, 2.05) is 30.5 Å². The first kappa shape index (κ1) is 13.1. The van der Waals surface area contributed by atoms with Crippen molar-refractivity contribution in [3.8, 4) is 0 Å². The molecule has 4 nitrogen and oxygen atoms in total. The summed E-state index contributed by atoms with van der Waals surface area (Å²) >= 11 is 0. The normalized spacial score (nSPS) is 9.47. The van der Waals surface area contributed by atoms with Gasteiger partial charge in [0, 0.05) is 18.2 Å². The van der Waals surface area contributed by atoms with Crippen molar-refractivity contribution in [2.24, 2.45) is 0 Å². The summed E-state index contributed by atoms with van der Waals surface area (Å²) in [7, 11) is 0. The molecular formula is C13H15NO3. The van der Waals surface area contributed by atoms with Crippen LogP contribution >= 0.6 is 0 Å². The maximum absolute atomic E-state index is 9.63. The molecule has 0 radical (unpaired) electrons. The van der Waals surface area contributed by atoms with Gasteiger partial charge in [-0.25, -0.2) is 4.79 Å². The summed E-state index contributed by atoms with van der Waals surface area (Å²) in [6, 6.07) is 12.1. The second-order valence-electron chi connectivity index (χ2n) is 3.23. The van der Waals surface area contributed by atoms with Crippen LogP contribution in [0.1, 0.15) is 6.92 Å². The van der Waals surface area contributed by atoms with E-state index in [1.54, 1.807) is 6.92 Å². The Kier molecular flexibility index (Phi) is 5.68. The fraction of sp³-hybridized carbons (Fsp3) is 0.231. The standard InChI is InChI=1S/C9H7N.C4H8O3/c1-2-6-9-8(4-1)5-3-7-10-9;1-2-7-3-4(5)6/h1-7H;2-3H2,1H3,(H,5,6). The largest absolute Gasteiger partial charge is 0.480 e. The highest BCUT2D eigenvalue weighted by atomic mass is 16.5. The third kappa shape index (κ3) is 5.08. The van der Waals surface area contributed by atoms with Crippen LogP contribution in [0, 0.1) is 0 Å². The highest BCUT2D eigenvalue weighted by Crippen LogP contribution is 2.07. The van der Waals surface area contributed by atoms with E-state index >= 15 is 0 Å². The van der Waals surface area contributed by atoms with E-state index in [2.05, 4.69) is 21.9 Å². The highest BCUT2D eigenvalue weighted by molar-refractivity contribution is 5.77. The summed E-state index contributed by atoms with van der Waals surface area (Å²) in [6.07, 6.45) is 1.81. The lowest BCUT2D eigenvalue weighted by atomic mass is 10.2. The molecule has 0 fully saturated rings. The number of aromatic nitrogens is 1. The molecule has 0 amide bonds. The van der Waals surface area contributed by atoms with Gasteiger partial charge in [-0.05, 0) is 19.1 Å². The van der Waals surface area contributed by atoms with Gasteiger partial charge >= 0.3 is 5.97 Å². The molecule has 0 spiro atoms. The van der Waals surface area contributed by atoms with Crippen molar-refractivity contribution in [3.63, 3.8) is 0 Å². The zero-order chi connectivity index (χ0) is 12.5. The van der Waals surface area contributed by atoms with Crippen LogP contribution in [0.15, 0.2) is 42.6 Å². The molecule has 4 heteroatoms. The minimum atomic E-state index is -0.915. The second-order valence-corrected chi connectivity index (χ2v) is 3.23. The van der Waals surface area contributed by atoms with Crippen LogP contribution in [0.4, 0.5) is 0 Å². The topological polar surface area (TPSA) is 59.4 Å². The first-order chi connectivity index (χ1) is 8.24. The number of hydrogen-bond acceptors (Lipinski definition) is 3. The number of carboxylic acid groups (broad SMARTS) is 1. The molecule has 2 rings (SSSR count). The van der Waals surface area contributed by atoms with Crippen LogP contribution in [0.25, 0.3) is 10.9 Å². The van der Waals surface area contributed by atoms with E-state index in [0.29, 0.717) is 6.61 Å². The third-order valence-electron chi connectivity index (χ3n) is 1.94. The molecular weight excluding hydrogens is 218 g/mol. The molecule has 2 aromatic rings. The lowest BCUT2D eigenvalue weighted by Gasteiger charge is -1.91. The second kappa shape index (κ2) is 7.35. The molecule has 1 aromatic carbocycles. The van der Waals surface area contributed by atoms with Crippen molar-refractivity contribution in [1.29, 1.82) is 0 Å². The van der Waals surface area contributed by atoms with Crippen LogP contribution in [-0.4, -0.2) is 29.3 Å². The first-order valence-corrected chi connectivity index (χ1v) is 5.33. The Balaban J connectivity index is 0.000000185. The van der Waals surface area contributed by atoms with Crippen LogP contribution in [0.5, 0.6) is 0 Å². The van der Waals surface area contributed by atoms with Crippen LogP contribution in [0.3, 0.4) is 0 Å². The van der Waals surface area contributed by atoms with Gasteiger partial charge in [0.15, 0.2) is 0 Å². The summed E-state index contributed by atoms with van der Waals surface area (Å²) in [5.41, 5.74) is 1.06. The average molecular weight is 233 g/mol. The molecule has 0 aliphatic heterocycles. The molecule has 1 aromatic heterocycles. The van der Waals surface area contributed by atoms with Crippen LogP contribution in [-0.2, 0) is 9.53 Å². The monoisotopic (exact) mass is 233 g/mol. The van der Waals surface area contributed by atoms with E-state index in [9.17, 15) is 4.79 Å². The van der Waals surface area contributed by atoms with E-state index in [0.717, 1.165) is 5.52 Å². The first-order valence-electron chi connectivity index (χ1n) is 5.33. The fourth-order valence-corrected chi connectivity index (χ4v) is 1.21. The van der Waals surface area contributed by atoms with Gasteiger partial charge in [-0.3, -0.25) is 4.98 Å². The van der Waals surface area contributed by atoms with Gasteiger partial charge in [-0.2, -0.15) is 0 Å². The number of ether oxygens (including phenoxy) is 1. The van der Waals surface area contributed by atoms with Crippen molar-refractivity contribution in [2.45, 2.75) is 6.92 Å². The summed E-state index contributed by atoms with van der Waals surface area (Å²) < 4.78 is 4.50. The van der Waals surface area contributed by atoms with Gasteiger partial charge in [0.1, 0.15) is 6.61 Å². The zero-order valence-electron chi connectivity index (χ0n) is 9.67. The number of carbonyl (C=O) groups is 1. The van der Waals surface area contributed by atoms with Crippen molar-refractivity contribution in [2.75, 3.05) is 13.2 Å². The molecule has 0 unspecified atom stereocenters. The van der Waals surface area contributed by atoms with Gasteiger partial charge in [0.05, 0.1) is 5.52 Å². The Labute approximate surface area is 99.9 Å². The van der Waals surface area contributed by atoms with Crippen LogP contribution < -0.4 is 0 Å². The smallest absolute Gasteiger partial charge is 0.329 e. The Morgan fingerprint density at radius 1 is 1.29 bits per heavy atom. The third-order valence-corrected chi connectivity index (χ3v) is 1.94. The number of fused-ring (bicyclic) bond motifs is 1. The lowest BCUT2D eigenvalue weighted by Crippen LogP contribution is -2.05. The molecule has 0 bridgehead atoms. The number of carboxylic acids is 1. The Bertz CT molecular complexity index is 405. The van der Waals surface area contributed by atoms with Crippen LogP contribution in [0.2, 0.25) is 0 Å². The molecule has 0 aliphatic rings. The van der Waals surface area contributed by atoms with Crippen molar-refractivity contribution in [3.05, 3.63) is 42.6 Å². The van der Waals surface area contributed by atoms with E-state index < -0.39 is 5.97 Å². The molecule has 1 heterocycles. The van der Waals surface area contributed by atoms with Gasteiger partial charge in [-0.15, -0.1) is 0 Å². The quantitative estimate of drug-likeness (QED) is 0.884. The number of hydrogen-bond donors (Lipinski definition) is 1. The Morgan fingerprint density at radius 2 is 2.00 bits per heavy atom. The molecule has 90 valence electrons. The molecule has 0 atom stereocenters. The maximum atomic E-state index is 9.63. The zero-order valence-corrected chi connectivity index (χ0v) is 9.67. The molecule has 0 aliphatic carbocycles. The minimum absolute atomic E-state index is 0.184. The number of para-hydroxylation sites is 1. The lowest BCUT2D eigenvalue weighted by molar-refractivity contribution is -0.142. The highest BCUT2D eigenvalue weighted by Gasteiger charge is 1.90. The van der Waals surface area contributed by atoms with Crippen molar-refractivity contribution < 1.29 is 14.6 Å². The average Bonchev–Trinajstić information content (AvgIpc) is 2.37. The maximum Gasteiger partial charge on any atom is 0.329 e. The summed E-state index contributed by atoms with van der Waals surface area (Å²) in [4.78, 5) is 13.8. The predicted molar refractivity (Wildman–Crippen MR) is 65.9 cm³/mol. The Hall–Kier alpha value is -1.94. The minimum Gasteiger partial charge on any atom is -0.480 e. The van der Waals surface area contributed by atoms with Gasteiger partial charge in [0.2, 0.25) is 0 Å². The number of aliphatic carboxylic acids is 1. The van der Waals surface area contributed by atoms with Gasteiger partial charge in [-0.1, -0.05) is 24.3 Å². The number of rotatable bonds is 3.